The van der Waals surface area contributed by atoms with E-state index in [0.717, 1.165) is 129 Å². The van der Waals surface area contributed by atoms with Gasteiger partial charge < -0.3 is 19.1 Å². The van der Waals surface area contributed by atoms with Crippen LogP contribution in [-0.2, 0) is 11.3 Å². The summed E-state index contributed by atoms with van der Waals surface area (Å²) in [5.41, 5.74) is 25.0. The van der Waals surface area contributed by atoms with Crippen LogP contribution >= 0.6 is 0 Å². The first-order valence-electron chi connectivity index (χ1n) is 33.0. The van der Waals surface area contributed by atoms with Crippen molar-refractivity contribution < 1.29 is 9.53 Å². The number of anilines is 6. The van der Waals surface area contributed by atoms with Crippen molar-refractivity contribution in [3.63, 3.8) is 0 Å². The van der Waals surface area contributed by atoms with E-state index in [2.05, 4.69) is 257 Å². The molecular weight excluding hydrogens is 1200 g/mol. The van der Waals surface area contributed by atoms with Gasteiger partial charge in [0.2, 0.25) is 0 Å². The molecule has 0 unspecified atom stereocenters. The fraction of sp³-hybridized carbons (Fsp3) is 0.0114. The number of carbonyl (C=O) groups excluding carboxylic acids is 1. The lowest BCUT2D eigenvalue weighted by Gasteiger charge is -2.45. The Morgan fingerprint density at radius 3 is 1.51 bits per heavy atom. The number of para-hydroxylation sites is 5. The molecule has 16 aromatic rings. The van der Waals surface area contributed by atoms with Crippen molar-refractivity contribution in [1.29, 1.82) is 0 Å². The Balaban J connectivity index is 0.853. The smallest absolute Gasteiger partial charge is 0.338 e. The van der Waals surface area contributed by atoms with Crippen LogP contribution in [0, 0.1) is 0 Å². The molecule has 0 fully saturated rings. The molecule has 5 heterocycles. The summed E-state index contributed by atoms with van der Waals surface area (Å²) in [5.74, 6) is 0.772. The number of fused-ring (bicyclic) bond motifs is 7. The lowest BCUT2D eigenvalue weighted by atomic mass is 9.33. The van der Waals surface area contributed by atoms with Crippen molar-refractivity contribution in [3.8, 4) is 84.6 Å². The Labute approximate surface area is 567 Å². The minimum atomic E-state index is -0.396. The van der Waals surface area contributed by atoms with Crippen LogP contribution in [0.5, 0.6) is 0 Å². The highest BCUT2D eigenvalue weighted by molar-refractivity contribution is 7.00. The van der Waals surface area contributed by atoms with Crippen LogP contribution in [0.3, 0.4) is 0 Å². The summed E-state index contributed by atoms with van der Waals surface area (Å²) >= 11 is 0. The molecule has 18 rings (SSSR count). The summed E-state index contributed by atoms with van der Waals surface area (Å²) < 4.78 is 8.23. The molecule has 460 valence electrons. The highest BCUT2D eigenvalue weighted by atomic mass is 16.5. The number of nitrogens with zero attached hydrogens (tertiary/aromatic N) is 7. The summed E-state index contributed by atoms with van der Waals surface area (Å²) in [4.78, 5) is 40.8. The lowest BCUT2D eigenvalue weighted by Crippen LogP contribution is -2.61. The van der Waals surface area contributed by atoms with Gasteiger partial charge >= 0.3 is 5.97 Å². The molecule has 2 aliphatic rings. The van der Waals surface area contributed by atoms with E-state index in [1.54, 1.807) is 0 Å². The van der Waals surface area contributed by atoms with E-state index in [0.29, 0.717) is 22.9 Å². The Hall–Kier alpha value is -13.0. The number of hydrogen-bond donors (Lipinski definition) is 0. The molecule has 2 aliphatic heterocycles. The zero-order valence-electron chi connectivity index (χ0n) is 53.1. The van der Waals surface area contributed by atoms with Crippen molar-refractivity contribution in [2.75, 3.05) is 9.80 Å². The highest BCUT2D eigenvalue weighted by Gasteiger charge is 2.44. The van der Waals surface area contributed by atoms with Gasteiger partial charge in [0.1, 0.15) is 6.61 Å². The number of benzene rings is 13. The Morgan fingerprint density at radius 1 is 0.337 bits per heavy atom. The highest BCUT2D eigenvalue weighted by Crippen LogP contribution is 2.49. The maximum Gasteiger partial charge on any atom is 0.338 e. The van der Waals surface area contributed by atoms with Crippen LogP contribution in [0.1, 0.15) is 15.9 Å². The Bertz CT molecular complexity index is 5670. The van der Waals surface area contributed by atoms with Gasteiger partial charge in [0.15, 0.2) is 11.6 Å². The van der Waals surface area contributed by atoms with Gasteiger partial charge in [-0.1, -0.05) is 243 Å². The van der Waals surface area contributed by atoms with E-state index in [-0.39, 0.29) is 13.3 Å². The monoisotopic (exact) mass is 1260 g/mol. The van der Waals surface area contributed by atoms with E-state index < -0.39 is 5.97 Å². The van der Waals surface area contributed by atoms with E-state index in [9.17, 15) is 4.79 Å². The first-order chi connectivity index (χ1) is 48.5. The Morgan fingerprint density at radius 2 is 0.837 bits per heavy atom. The van der Waals surface area contributed by atoms with Gasteiger partial charge in [-0.15, -0.1) is 0 Å². The molecule has 0 atom stereocenters. The minimum Gasteiger partial charge on any atom is -0.457 e. The average Bonchev–Trinajstić information content (AvgIpc) is 0.848. The predicted octanol–water partition coefficient (Wildman–Crippen LogP) is 19.5. The zero-order valence-corrected chi connectivity index (χ0v) is 53.1. The van der Waals surface area contributed by atoms with Crippen LogP contribution in [0.2, 0.25) is 0 Å². The Kier molecular flexibility index (Phi) is 14.3. The standard InChI is InChI=1S/C88H58BN7O2/c97-88(98-57-58-26-7-1-8-27-58)65-47-50-79-70(54-65)69-40-19-22-43-78(69)96(79)80-49-46-63(76-55-74(59-28-9-2-10-29-59)90-86(92-76)61-32-13-4-14-33-61)53-71(80)77-56-75(60-30-11-3-12-31-60)91-87(93-77)64-35-25-34-62(52-64)68-48-51-83-84-85(68)95(67-38-17-6-18-39-67)82-45-24-21-42-73(82)89(84)72-41-20-23-44-81(72)94(83)66-36-15-5-16-37-66/h1-56H,57H2. The van der Waals surface area contributed by atoms with Crippen LogP contribution in [-0.4, -0.2) is 37.2 Å². The molecule has 0 saturated heterocycles. The molecule has 3 aromatic heterocycles. The molecule has 10 heteroatoms. The third-order valence-electron chi connectivity index (χ3n) is 18.9. The van der Waals surface area contributed by atoms with Gasteiger partial charge in [0, 0.05) is 78.2 Å². The maximum atomic E-state index is 14.0. The van der Waals surface area contributed by atoms with Crippen molar-refractivity contribution in [2.24, 2.45) is 0 Å². The van der Waals surface area contributed by atoms with Crippen LogP contribution < -0.4 is 26.2 Å². The van der Waals surface area contributed by atoms with Crippen molar-refractivity contribution in [1.82, 2.24) is 24.5 Å². The molecule has 0 bridgehead atoms. The fourth-order valence-corrected chi connectivity index (χ4v) is 14.5. The molecule has 0 N–H and O–H groups in total. The topological polar surface area (TPSA) is 89.3 Å². The quantitative estimate of drug-likeness (QED) is 0.0833. The van der Waals surface area contributed by atoms with Crippen molar-refractivity contribution >= 4 is 85.0 Å². The normalized spacial score (nSPS) is 12.1. The summed E-state index contributed by atoms with van der Waals surface area (Å²) in [6.45, 7) is 0.0993. The first-order valence-corrected chi connectivity index (χ1v) is 33.0. The van der Waals surface area contributed by atoms with Crippen LogP contribution in [0.25, 0.3) is 106 Å². The summed E-state index contributed by atoms with van der Waals surface area (Å²) in [6.07, 6.45) is 0. The molecule has 0 radical (unpaired) electrons. The van der Waals surface area contributed by atoms with Gasteiger partial charge in [0.25, 0.3) is 6.71 Å². The van der Waals surface area contributed by atoms with E-state index >= 15 is 0 Å². The van der Waals surface area contributed by atoms with E-state index in [1.165, 1.54) is 16.4 Å². The van der Waals surface area contributed by atoms with Gasteiger partial charge in [-0.25, -0.2) is 24.7 Å². The maximum absolute atomic E-state index is 14.0. The number of esters is 1. The number of carbonyl (C=O) groups is 1. The number of ether oxygens (including phenoxy) is 1. The largest absolute Gasteiger partial charge is 0.457 e. The molecular formula is C88H58BN7O2. The third-order valence-corrected chi connectivity index (χ3v) is 18.9. The van der Waals surface area contributed by atoms with Crippen molar-refractivity contribution in [3.05, 3.63) is 351 Å². The minimum absolute atomic E-state index is 0.0657. The van der Waals surface area contributed by atoms with E-state index in [1.807, 2.05) is 97.1 Å². The molecule has 9 nitrogen and oxygen atoms in total. The number of aromatic nitrogens is 5. The molecule has 0 spiro atoms. The number of hydrogen-bond acceptors (Lipinski definition) is 8. The average molecular weight is 1260 g/mol. The second-order valence-electron chi connectivity index (χ2n) is 24.8. The SMILES string of the molecule is O=C(OCc1ccccc1)c1ccc2c(c1)c1ccccc1n2-c1ccc(-c2cc(-c3ccccc3)nc(-c3ccccc3)n2)cc1-c1cc(-c2ccccc2)nc(-c2cccc(-c3ccc4c5c3N(c3ccccc3)c3ccccc3B5c3ccccc3N4c3ccccc3)c2)n1. The zero-order chi connectivity index (χ0) is 65.0. The van der Waals surface area contributed by atoms with Crippen molar-refractivity contribution in [2.45, 2.75) is 6.61 Å². The van der Waals surface area contributed by atoms with Gasteiger partial charge in [-0.2, -0.15) is 0 Å². The molecule has 0 saturated carbocycles. The molecule has 98 heavy (non-hydrogen) atoms. The van der Waals surface area contributed by atoms with Crippen LogP contribution in [0.15, 0.2) is 340 Å². The molecule has 0 amide bonds. The second-order valence-corrected chi connectivity index (χ2v) is 24.8. The summed E-state index contributed by atoms with van der Waals surface area (Å²) in [6, 6.07) is 118. The molecule has 0 aliphatic carbocycles. The lowest BCUT2D eigenvalue weighted by molar-refractivity contribution is 0.0473. The molecule has 13 aromatic carbocycles. The summed E-state index contributed by atoms with van der Waals surface area (Å²) in [5, 5.41) is 1.89. The second kappa shape index (κ2) is 24.4. The first kappa shape index (κ1) is 57.6. The van der Waals surface area contributed by atoms with Crippen LogP contribution in [0.4, 0.5) is 34.1 Å². The van der Waals surface area contributed by atoms with E-state index in [4.69, 9.17) is 24.7 Å². The van der Waals surface area contributed by atoms with Gasteiger partial charge in [-0.05, 0) is 125 Å². The van der Waals surface area contributed by atoms with Gasteiger partial charge in [-0.3, -0.25) is 0 Å². The predicted molar refractivity (Wildman–Crippen MR) is 400 cm³/mol. The van der Waals surface area contributed by atoms with Gasteiger partial charge in [0.05, 0.1) is 50.7 Å². The summed E-state index contributed by atoms with van der Waals surface area (Å²) in [7, 11) is 0. The third kappa shape index (κ3) is 10.2. The number of rotatable bonds is 13. The fourth-order valence-electron chi connectivity index (χ4n) is 14.5.